The van der Waals surface area contributed by atoms with Crippen molar-refractivity contribution in [1.82, 2.24) is 4.90 Å². The van der Waals surface area contributed by atoms with Gasteiger partial charge in [0, 0.05) is 0 Å². The molecule has 123 valence electrons. The Morgan fingerprint density at radius 2 is 1.64 bits per heavy atom. The molecule has 0 aromatic heterocycles. The van der Waals surface area contributed by atoms with Crippen LogP contribution in [0.3, 0.4) is 0 Å². The van der Waals surface area contributed by atoms with Crippen LogP contribution in [0, 0.1) is 0 Å². The minimum Gasteiger partial charge on any atom is -0.147 e. The largest absolute Gasteiger partial charge is 0.147 e. The summed E-state index contributed by atoms with van der Waals surface area (Å²) in [5.41, 5.74) is 3.02. The van der Waals surface area contributed by atoms with Crippen LogP contribution in [-0.2, 0) is 24.7 Å². The van der Waals surface area contributed by atoms with Gasteiger partial charge in [-0.05, 0) is 0 Å². The molecule has 0 N–H and O–H groups in total. The van der Waals surface area contributed by atoms with E-state index in [0.29, 0.717) is 5.92 Å². The van der Waals surface area contributed by atoms with Crippen molar-refractivity contribution in [1.29, 1.82) is 0 Å². The van der Waals surface area contributed by atoms with E-state index in [2.05, 4.69) is 61.2 Å². The third-order valence-electron chi connectivity index (χ3n) is 3.88. The van der Waals surface area contributed by atoms with E-state index in [0.717, 1.165) is 26.1 Å². The van der Waals surface area contributed by atoms with Crippen LogP contribution >= 0.6 is 37.2 Å². The Hall–Kier alpha value is 0.413. The second-order valence-electron chi connectivity index (χ2n) is 4.99. The molecule has 0 radical (unpaired) electrons. The Morgan fingerprint density at radius 1 is 1.05 bits per heavy atom. The van der Waals surface area contributed by atoms with Gasteiger partial charge in [-0.1, -0.05) is 0 Å². The monoisotopic (exact) mass is 438 g/mol. The molecule has 0 aliphatic heterocycles. The average molecular weight is 441 g/mol. The number of hydrogen-bond donors (Lipinski definition) is 0. The summed E-state index contributed by atoms with van der Waals surface area (Å²) < 4.78 is 1.62. The van der Waals surface area contributed by atoms with Crippen molar-refractivity contribution in [3.05, 3.63) is 56.9 Å². The summed E-state index contributed by atoms with van der Waals surface area (Å²) >= 11 is 1.57. The van der Waals surface area contributed by atoms with Gasteiger partial charge in [-0.15, -0.1) is 37.2 Å². The van der Waals surface area contributed by atoms with E-state index in [1.54, 1.807) is 33.6 Å². The van der Waals surface area contributed by atoms with Gasteiger partial charge in [-0.25, -0.2) is 0 Å². The van der Waals surface area contributed by atoms with E-state index in [9.17, 15) is 0 Å². The zero-order valence-electron chi connectivity index (χ0n) is 13.1. The molecule has 0 bridgehead atoms. The van der Waals surface area contributed by atoms with Crippen molar-refractivity contribution in [3.8, 4) is 0 Å². The number of nitrogens with zero attached hydrogens (tertiary/aromatic N) is 1. The second kappa shape index (κ2) is 12.8. The van der Waals surface area contributed by atoms with E-state index in [-0.39, 0.29) is 37.2 Å². The second-order valence-corrected chi connectivity index (χ2v) is 6.47. The molecule has 1 aliphatic rings. The Kier molecular flexibility index (Phi) is 14.3. The van der Waals surface area contributed by atoms with E-state index < -0.39 is 0 Å². The first-order valence-corrected chi connectivity index (χ1v) is 8.37. The summed E-state index contributed by atoms with van der Waals surface area (Å²) in [6.45, 7) is 7.90. The molecule has 0 fully saturated rings. The van der Waals surface area contributed by atoms with Crippen LogP contribution in [0.1, 0.15) is 31.7 Å². The van der Waals surface area contributed by atoms with E-state index >= 15 is 0 Å². The topological polar surface area (TPSA) is 3.24 Å². The maximum Gasteiger partial charge on any atom is -0.147 e. The molecule has 2 rings (SSSR count). The van der Waals surface area contributed by atoms with Gasteiger partial charge in [0.25, 0.3) is 0 Å². The molecule has 0 saturated carbocycles. The predicted molar refractivity (Wildman–Crippen MR) is 99.5 cm³/mol. The molecule has 1 nitrogen and oxygen atoms in total. The van der Waals surface area contributed by atoms with Crippen LogP contribution in [0.2, 0.25) is 0 Å². The molecular formula is C17H25Cl3NZr. The third kappa shape index (κ3) is 6.50. The van der Waals surface area contributed by atoms with Gasteiger partial charge in [0.15, 0.2) is 0 Å². The fraction of sp³-hybridized carbons (Fsp3) is 0.412. The maximum absolute atomic E-state index is 2.53. The molecule has 1 unspecified atom stereocenters. The molecule has 1 aromatic rings. The Bertz CT molecular complexity index is 470. The first-order valence-electron chi connectivity index (χ1n) is 7.14. The van der Waals surface area contributed by atoms with E-state index in [4.69, 9.17) is 0 Å². The number of benzene rings is 1. The van der Waals surface area contributed by atoms with Crippen molar-refractivity contribution < 1.29 is 24.7 Å². The molecular weight excluding hydrogens is 416 g/mol. The van der Waals surface area contributed by atoms with Gasteiger partial charge in [0.2, 0.25) is 0 Å². The molecule has 1 aliphatic carbocycles. The Labute approximate surface area is 168 Å². The molecule has 0 spiro atoms. The number of allylic oxidation sites excluding steroid dienone is 3. The van der Waals surface area contributed by atoms with Crippen molar-refractivity contribution in [2.24, 2.45) is 0 Å². The van der Waals surface area contributed by atoms with E-state index in [1.807, 2.05) is 0 Å². The SMILES string of the molecule is CCN(CC)CC(C1=[C]([Zr])CC=C1)c1ccccc1.Cl.Cl.Cl. The summed E-state index contributed by atoms with van der Waals surface area (Å²) in [5.74, 6) is 0.536. The van der Waals surface area contributed by atoms with Gasteiger partial charge >= 0.3 is 132 Å². The molecule has 0 amide bonds. The van der Waals surface area contributed by atoms with Crippen molar-refractivity contribution in [3.63, 3.8) is 0 Å². The number of hydrogen-bond acceptors (Lipinski definition) is 1. The van der Waals surface area contributed by atoms with Gasteiger partial charge in [0.1, 0.15) is 0 Å². The maximum atomic E-state index is 2.53. The third-order valence-corrected chi connectivity index (χ3v) is 5.09. The Balaban J connectivity index is 0. The van der Waals surface area contributed by atoms with Crippen LogP contribution in [0.5, 0.6) is 0 Å². The summed E-state index contributed by atoms with van der Waals surface area (Å²) in [5, 5.41) is 0. The fourth-order valence-corrected chi connectivity index (χ4v) is 3.58. The van der Waals surface area contributed by atoms with Gasteiger partial charge in [-0.3, -0.25) is 0 Å². The fourth-order valence-electron chi connectivity index (χ4n) is 2.66. The normalized spacial score (nSPS) is 14.1. The standard InChI is InChI=1S/C17H22N.3ClH.Zr/c1-3-18(4-2)14-17(16-12-8-9-13-16)15-10-6-5-7-11-15;;;;/h5-8,10-12,17H,3-4,9,14H2,1-2H3;3*1H;. The van der Waals surface area contributed by atoms with Crippen molar-refractivity contribution in [2.45, 2.75) is 26.2 Å². The predicted octanol–water partition coefficient (Wildman–Crippen LogP) is 5.14. The first-order chi connectivity index (χ1) is 9.26. The summed E-state index contributed by atoms with van der Waals surface area (Å²) in [6.07, 6.45) is 5.83. The minimum absolute atomic E-state index is 0. The molecule has 22 heavy (non-hydrogen) atoms. The molecule has 5 heteroatoms. The number of rotatable bonds is 6. The quantitative estimate of drug-likeness (QED) is 0.592. The first kappa shape index (κ1) is 24.7. The van der Waals surface area contributed by atoms with Crippen LogP contribution in [0.25, 0.3) is 0 Å². The molecule has 1 aromatic carbocycles. The number of halogens is 3. The van der Waals surface area contributed by atoms with E-state index in [1.165, 1.54) is 5.56 Å². The summed E-state index contributed by atoms with van der Waals surface area (Å²) in [7, 11) is 0. The average Bonchev–Trinajstić information content (AvgIpc) is 2.87. The summed E-state index contributed by atoms with van der Waals surface area (Å²) in [4.78, 5) is 2.53. The molecule has 0 saturated heterocycles. The van der Waals surface area contributed by atoms with Gasteiger partial charge in [0.05, 0.1) is 0 Å². The zero-order valence-corrected chi connectivity index (χ0v) is 18.0. The van der Waals surface area contributed by atoms with Crippen molar-refractivity contribution >= 4 is 37.2 Å². The van der Waals surface area contributed by atoms with Crippen LogP contribution in [-0.4, -0.2) is 24.5 Å². The molecule has 0 heterocycles. The van der Waals surface area contributed by atoms with Crippen LogP contribution < -0.4 is 0 Å². The summed E-state index contributed by atoms with van der Waals surface area (Å²) in [6, 6.07) is 11.0. The van der Waals surface area contributed by atoms with Gasteiger partial charge in [-0.2, -0.15) is 0 Å². The molecule has 1 atom stereocenters. The minimum atomic E-state index is 0. The Morgan fingerprint density at radius 3 is 2.09 bits per heavy atom. The number of likely N-dealkylation sites (N-methyl/N-ethyl adjacent to an activating group) is 1. The van der Waals surface area contributed by atoms with Crippen LogP contribution in [0.15, 0.2) is 51.3 Å². The van der Waals surface area contributed by atoms with Gasteiger partial charge < -0.3 is 0 Å². The van der Waals surface area contributed by atoms with Crippen LogP contribution in [0.4, 0.5) is 0 Å². The smallest absolute Gasteiger partial charge is 0.147 e. The van der Waals surface area contributed by atoms with Crippen molar-refractivity contribution in [2.75, 3.05) is 19.6 Å². The zero-order chi connectivity index (χ0) is 13.7.